The molecule has 0 saturated carbocycles. The second-order valence-corrected chi connectivity index (χ2v) is 2.94. The molecule has 4 nitrogen and oxygen atoms in total. The van der Waals surface area contributed by atoms with Crippen molar-refractivity contribution in [1.82, 2.24) is 9.97 Å². The first-order valence-electron chi connectivity index (χ1n) is 3.95. The zero-order valence-electron chi connectivity index (χ0n) is 7.63. The molecule has 12 heavy (non-hydrogen) atoms. The van der Waals surface area contributed by atoms with E-state index in [2.05, 4.69) is 29.1 Å². The third-order valence-electron chi connectivity index (χ3n) is 1.69. The molecule has 1 heterocycles. The Kier molecular flexibility index (Phi) is 2.47. The first kappa shape index (κ1) is 8.77. The number of anilines is 2. The topological polar surface area (TPSA) is 63.8 Å². The molecule has 0 radical (unpaired) electrons. The Morgan fingerprint density at radius 1 is 1.50 bits per heavy atom. The fraction of sp³-hybridized carbons (Fsp3) is 0.500. The molecule has 0 unspecified atom stereocenters. The SMILES string of the molecule is CNc1nc(N)ncc1C(C)C. The van der Waals surface area contributed by atoms with Crippen molar-refractivity contribution < 1.29 is 0 Å². The maximum atomic E-state index is 5.44. The molecule has 1 rings (SSSR count). The molecule has 0 spiro atoms. The average molecular weight is 166 g/mol. The van der Waals surface area contributed by atoms with Gasteiger partial charge in [0.25, 0.3) is 0 Å². The monoisotopic (exact) mass is 166 g/mol. The molecular formula is C8H14N4. The van der Waals surface area contributed by atoms with Crippen LogP contribution >= 0.6 is 0 Å². The number of nitrogens with two attached hydrogens (primary N) is 1. The molecule has 0 bridgehead atoms. The zero-order valence-corrected chi connectivity index (χ0v) is 7.63. The van der Waals surface area contributed by atoms with Gasteiger partial charge in [0.05, 0.1) is 0 Å². The molecule has 1 aromatic heterocycles. The highest BCUT2D eigenvalue weighted by Crippen LogP contribution is 2.20. The number of rotatable bonds is 2. The number of nitrogen functional groups attached to an aromatic ring is 1. The van der Waals surface area contributed by atoms with E-state index in [4.69, 9.17) is 5.73 Å². The highest BCUT2D eigenvalue weighted by atomic mass is 15.1. The summed E-state index contributed by atoms with van der Waals surface area (Å²) in [7, 11) is 1.83. The molecular weight excluding hydrogens is 152 g/mol. The van der Waals surface area contributed by atoms with E-state index in [1.165, 1.54) is 0 Å². The Hall–Kier alpha value is -1.32. The largest absolute Gasteiger partial charge is 0.373 e. The predicted octanol–water partition coefficient (Wildman–Crippen LogP) is 1.22. The van der Waals surface area contributed by atoms with Gasteiger partial charge in [-0.3, -0.25) is 0 Å². The van der Waals surface area contributed by atoms with Gasteiger partial charge in [0, 0.05) is 18.8 Å². The first-order valence-corrected chi connectivity index (χ1v) is 3.95. The summed E-state index contributed by atoms with van der Waals surface area (Å²) >= 11 is 0. The van der Waals surface area contributed by atoms with Crippen molar-refractivity contribution in [1.29, 1.82) is 0 Å². The Balaban J connectivity index is 3.11. The number of hydrogen-bond donors (Lipinski definition) is 2. The van der Waals surface area contributed by atoms with Gasteiger partial charge in [-0.1, -0.05) is 13.8 Å². The molecule has 0 atom stereocenters. The molecule has 0 saturated heterocycles. The van der Waals surface area contributed by atoms with Gasteiger partial charge in [0.15, 0.2) is 0 Å². The smallest absolute Gasteiger partial charge is 0.221 e. The fourth-order valence-corrected chi connectivity index (χ4v) is 1.03. The van der Waals surface area contributed by atoms with Gasteiger partial charge in [-0.25, -0.2) is 4.98 Å². The quantitative estimate of drug-likeness (QED) is 0.693. The molecule has 1 aromatic rings. The van der Waals surface area contributed by atoms with Crippen LogP contribution in [0.4, 0.5) is 11.8 Å². The number of aromatic nitrogens is 2. The molecule has 0 aliphatic rings. The second kappa shape index (κ2) is 3.38. The fourth-order valence-electron chi connectivity index (χ4n) is 1.03. The van der Waals surface area contributed by atoms with Crippen molar-refractivity contribution in [3.8, 4) is 0 Å². The van der Waals surface area contributed by atoms with E-state index in [1.807, 2.05) is 7.05 Å². The zero-order chi connectivity index (χ0) is 9.14. The van der Waals surface area contributed by atoms with Crippen LogP contribution in [-0.2, 0) is 0 Å². The predicted molar refractivity (Wildman–Crippen MR) is 50.1 cm³/mol. The Labute approximate surface area is 72.2 Å². The highest BCUT2D eigenvalue weighted by Gasteiger charge is 2.07. The van der Waals surface area contributed by atoms with E-state index in [-0.39, 0.29) is 0 Å². The number of nitrogens with one attached hydrogen (secondary N) is 1. The van der Waals surface area contributed by atoms with Crippen LogP contribution in [0.2, 0.25) is 0 Å². The summed E-state index contributed by atoms with van der Waals surface area (Å²) in [5.74, 6) is 1.54. The molecule has 66 valence electrons. The lowest BCUT2D eigenvalue weighted by molar-refractivity contribution is 0.850. The van der Waals surface area contributed by atoms with Crippen LogP contribution in [0.5, 0.6) is 0 Å². The van der Waals surface area contributed by atoms with Gasteiger partial charge in [-0.15, -0.1) is 0 Å². The third-order valence-corrected chi connectivity index (χ3v) is 1.69. The van der Waals surface area contributed by atoms with E-state index in [9.17, 15) is 0 Å². The molecule has 0 fully saturated rings. The Bertz CT molecular complexity index is 270. The standard InChI is InChI=1S/C8H14N4/c1-5(2)6-4-11-8(9)12-7(6)10-3/h4-5H,1-3H3,(H3,9,10,11,12). The number of hydrogen-bond acceptors (Lipinski definition) is 4. The molecule has 0 aromatic carbocycles. The van der Waals surface area contributed by atoms with Gasteiger partial charge < -0.3 is 11.1 Å². The summed E-state index contributed by atoms with van der Waals surface area (Å²) in [6, 6.07) is 0. The third kappa shape index (κ3) is 1.64. The summed E-state index contributed by atoms with van der Waals surface area (Å²) in [4.78, 5) is 8.00. The lowest BCUT2D eigenvalue weighted by atomic mass is 10.1. The van der Waals surface area contributed by atoms with E-state index < -0.39 is 0 Å². The number of nitrogens with zero attached hydrogens (tertiary/aromatic N) is 2. The summed E-state index contributed by atoms with van der Waals surface area (Å²) in [6.45, 7) is 4.19. The van der Waals surface area contributed by atoms with Crippen LogP contribution in [0.15, 0.2) is 6.20 Å². The van der Waals surface area contributed by atoms with E-state index in [0.29, 0.717) is 11.9 Å². The summed E-state index contributed by atoms with van der Waals surface area (Å²) < 4.78 is 0. The first-order chi connectivity index (χ1) is 5.65. The minimum atomic E-state index is 0.309. The molecule has 0 aliphatic carbocycles. The van der Waals surface area contributed by atoms with Crippen molar-refractivity contribution in [2.75, 3.05) is 18.1 Å². The van der Waals surface area contributed by atoms with Gasteiger partial charge in [0.2, 0.25) is 5.95 Å². The minimum absolute atomic E-state index is 0.309. The Morgan fingerprint density at radius 3 is 2.67 bits per heavy atom. The molecule has 0 amide bonds. The van der Waals surface area contributed by atoms with Gasteiger partial charge in [-0.2, -0.15) is 4.98 Å². The summed E-state index contributed by atoms with van der Waals surface area (Å²) in [5.41, 5.74) is 6.53. The van der Waals surface area contributed by atoms with E-state index in [1.54, 1.807) is 6.20 Å². The van der Waals surface area contributed by atoms with Crippen molar-refractivity contribution in [3.05, 3.63) is 11.8 Å². The van der Waals surface area contributed by atoms with Gasteiger partial charge in [0.1, 0.15) is 5.82 Å². The van der Waals surface area contributed by atoms with Crippen molar-refractivity contribution in [3.63, 3.8) is 0 Å². The Morgan fingerprint density at radius 2 is 2.17 bits per heavy atom. The van der Waals surface area contributed by atoms with E-state index in [0.717, 1.165) is 11.4 Å². The second-order valence-electron chi connectivity index (χ2n) is 2.94. The maximum Gasteiger partial charge on any atom is 0.221 e. The molecule has 0 aliphatic heterocycles. The van der Waals surface area contributed by atoms with Gasteiger partial charge >= 0.3 is 0 Å². The van der Waals surface area contributed by atoms with Crippen LogP contribution in [0.3, 0.4) is 0 Å². The van der Waals surface area contributed by atoms with Crippen LogP contribution in [0.25, 0.3) is 0 Å². The summed E-state index contributed by atoms with van der Waals surface area (Å²) in [6.07, 6.45) is 1.76. The molecule has 3 N–H and O–H groups in total. The van der Waals surface area contributed by atoms with Crippen LogP contribution < -0.4 is 11.1 Å². The lowest BCUT2D eigenvalue weighted by Crippen LogP contribution is -2.04. The van der Waals surface area contributed by atoms with E-state index >= 15 is 0 Å². The molecule has 4 heteroatoms. The normalized spacial score (nSPS) is 10.3. The van der Waals surface area contributed by atoms with Crippen molar-refractivity contribution in [2.24, 2.45) is 0 Å². The van der Waals surface area contributed by atoms with Crippen molar-refractivity contribution in [2.45, 2.75) is 19.8 Å². The minimum Gasteiger partial charge on any atom is -0.373 e. The average Bonchev–Trinajstić information content (AvgIpc) is 2.03. The highest BCUT2D eigenvalue weighted by molar-refractivity contribution is 5.46. The maximum absolute atomic E-state index is 5.44. The summed E-state index contributed by atoms with van der Waals surface area (Å²) in [5, 5.41) is 2.99. The van der Waals surface area contributed by atoms with Crippen LogP contribution in [0, 0.1) is 0 Å². The van der Waals surface area contributed by atoms with Crippen LogP contribution in [-0.4, -0.2) is 17.0 Å². The van der Waals surface area contributed by atoms with Crippen LogP contribution in [0.1, 0.15) is 25.3 Å². The lowest BCUT2D eigenvalue weighted by Gasteiger charge is -2.10. The van der Waals surface area contributed by atoms with Crippen molar-refractivity contribution >= 4 is 11.8 Å². The van der Waals surface area contributed by atoms with Gasteiger partial charge in [-0.05, 0) is 5.92 Å².